The third kappa shape index (κ3) is 1.78. The van der Waals surface area contributed by atoms with Gasteiger partial charge in [0.1, 0.15) is 11.3 Å². The molecule has 73 valence electrons. The van der Waals surface area contributed by atoms with Gasteiger partial charge in [0.15, 0.2) is 0 Å². The van der Waals surface area contributed by atoms with Crippen LogP contribution in [0.4, 0.5) is 22.0 Å². The summed E-state index contributed by atoms with van der Waals surface area (Å²) in [5, 5.41) is 2.95. The van der Waals surface area contributed by atoms with Crippen LogP contribution in [0.2, 0.25) is 0 Å². The van der Waals surface area contributed by atoms with Crippen molar-refractivity contribution in [2.24, 2.45) is 5.10 Å². The maximum absolute atomic E-state index is 12.1. The van der Waals surface area contributed by atoms with Crippen molar-refractivity contribution in [3.63, 3.8) is 0 Å². The maximum Gasteiger partial charge on any atom is 0.420 e. The second-order valence-corrected chi connectivity index (χ2v) is 2.34. The first-order chi connectivity index (χ1) is 5.84. The predicted octanol–water partition coefficient (Wildman–Crippen LogP) is 2.06. The molecule has 0 atom stereocenters. The fourth-order valence-electron chi connectivity index (χ4n) is 0.917. The van der Waals surface area contributed by atoms with Crippen LogP contribution in [0.15, 0.2) is 16.4 Å². The molecule has 1 aliphatic rings. The van der Waals surface area contributed by atoms with Gasteiger partial charge in [-0.05, 0) is 6.92 Å². The average molecular weight is 199 g/mol. The normalized spacial score (nSPS) is 17.9. The van der Waals surface area contributed by atoms with Crippen molar-refractivity contribution >= 4 is 5.71 Å². The lowest BCUT2D eigenvalue weighted by Gasteiger charge is -2.08. The molecule has 0 aromatic heterocycles. The molecule has 0 bridgehead atoms. The van der Waals surface area contributed by atoms with E-state index in [1.807, 2.05) is 0 Å². The molecule has 1 heterocycles. The van der Waals surface area contributed by atoms with E-state index in [0.29, 0.717) is 0 Å². The van der Waals surface area contributed by atoms with Gasteiger partial charge in [-0.15, -0.1) is 5.43 Å². The van der Waals surface area contributed by atoms with Crippen molar-refractivity contribution in [1.29, 1.82) is 0 Å². The van der Waals surface area contributed by atoms with Gasteiger partial charge >= 0.3 is 6.18 Å². The number of halogens is 5. The van der Waals surface area contributed by atoms with E-state index in [0.717, 1.165) is 6.92 Å². The molecule has 0 fully saturated rings. The lowest BCUT2D eigenvalue weighted by molar-refractivity contribution is -0.0879. The minimum absolute atomic E-state index is 0.525. The third-order valence-corrected chi connectivity index (χ3v) is 1.42. The van der Waals surface area contributed by atoms with Gasteiger partial charge in [-0.3, -0.25) is 0 Å². The summed E-state index contributed by atoms with van der Waals surface area (Å²) in [6, 6.07) is 0. The van der Waals surface area contributed by atoms with Crippen LogP contribution in [0, 0.1) is 0 Å². The Balaban J connectivity index is 3.11. The summed E-state index contributed by atoms with van der Waals surface area (Å²) in [4.78, 5) is 0. The molecule has 0 saturated carbocycles. The van der Waals surface area contributed by atoms with Crippen molar-refractivity contribution in [3.8, 4) is 0 Å². The van der Waals surface area contributed by atoms with Crippen molar-refractivity contribution < 1.29 is 22.0 Å². The van der Waals surface area contributed by atoms with E-state index in [1.165, 1.54) is 0 Å². The van der Waals surface area contributed by atoms with Crippen LogP contribution in [0.25, 0.3) is 0 Å². The predicted molar refractivity (Wildman–Crippen MR) is 34.3 cm³/mol. The van der Waals surface area contributed by atoms with Crippen LogP contribution in [0.5, 0.6) is 0 Å². The van der Waals surface area contributed by atoms with Gasteiger partial charge in [-0.25, -0.2) is 8.78 Å². The van der Waals surface area contributed by atoms with Gasteiger partial charge < -0.3 is 0 Å². The molecule has 0 spiro atoms. The molecule has 0 aromatic carbocycles. The molecule has 2 nitrogen and oxygen atoms in total. The third-order valence-electron chi connectivity index (χ3n) is 1.42. The molecule has 0 aromatic rings. The fraction of sp³-hybridized carbons (Fsp3) is 0.500. The first-order valence-electron chi connectivity index (χ1n) is 3.19. The van der Waals surface area contributed by atoms with E-state index >= 15 is 0 Å². The lowest BCUT2D eigenvalue weighted by Crippen LogP contribution is -2.20. The van der Waals surface area contributed by atoms with E-state index in [-0.39, 0.29) is 0 Å². The smallest absolute Gasteiger partial charge is 0.203 e. The zero-order valence-electron chi connectivity index (χ0n) is 6.36. The van der Waals surface area contributed by atoms with Gasteiger partial charge in [0, 0.05) is 0 Å². The summed E-state index contributed by atoms with van der Waals surface area (Å²) in [7, 11) is 0. The molecule has 13 heavy (non-hydrogen) atoms. The maximum atomic E-state index is 12.1. The summed E-state index contributed by atoms with van der Waals surface area (Å²) in [6.07, 6.45) is -8.07. The van der Waals surface area contributed by atoms with E-state index in [1.54, 1.807) is 0 Å². The second kappa shape index (κ2) is 2.97. The van der Waals surface area contributed by atoms with Crippen molar-refractivity contribution in [1.82, 2.24) is 5.43 Å². The Labute approximate surface area is 70.1 Å². The number of rotatable bonds is 1. The first kappa shape index (κ1) is 9.94. The molecule has 1 aliphatic heterocycles. The second-order valence-electron chi connectivity index (χ2n) is 2.34. The monoisotopic (exact) mass is 199 g/mol. The van der Waals surface area contributed by atoms with Crippen molar-refractivity contribution in [2.45, 2.75) is 19.5 Å². The van der Waals surface area contributed by atoms with E-state index in [2.05, 4.69) is 10.5 Å². The minimum atomic E-state index is -4.82. The molecule has 0 N–H and O–H groups in total. The van der Waals surface area contributed by atoms with Crippen LogP contribution in [-0.4, -0.2) is 18.3 Å². The fourth-order valence-corrected chi connectivity index (χ4v) is 0.917. The van der Waals surface area contributed by atoms with E-state index in [9.17, 15) is 22.0 Å². The van der Waals surface area contributed by atoms with Crippen molar-refractivity contribution in [3.05, 3.63) is 11.3 Å². The van der Waals surface area contributed by atoms with Gasteiger partial charge in [-0.2, -0.15) is 18.3 Å². The number of hydrogen-bond acceptors (Lipinski definition) is 1. The Morgan fingerprint density at radius 2 is 1.77 bits per heavy atom. The lowest BCUT2D eigenvalue weighted by atomic mass is 10.1. The van der Waals surface area contributed by atoms with Crippen LogP contribution >= 0.6 is 0 Å². The molecule has 0 aliphatic carbocycles. The molecule has 0 unspecified atom stereocenters. The largest absolute Gasteiger partial charge is 0.420 e. The summed E-state index contributed by atoms with van der Waals surface area (Å²) in [5.41, 5.74) is -0.493. The Morgan fingerprint density at radius 3 is 2.08 bits per heavy atom. The highest BCUT2D eigenvalue weighted by Crippen LogP contribution is 2.33. The quantitative estimate of drug-likeness (QED) is 0.578. The highest BCUT2D eigenvalue weighted by atomic mass is 19.4. The summed E-state index contributed by atoms with van der Waals surface area (Å²) in [6.45, 7) is 0.988. The summed E-state index contributed by atoms with van der Waals surface area (Å²) >= 11 is 0. The van der Waals surface area contributed by atoms with Gasteiger partial charge in [-0.1, -0.05) is 0 Å². The molecule has 1 rings (SSSR count). The molecular weight excluding hydrogens is 195 g/mol. The molecule has 1 radical (unpaired) electrons. The highest BCUT2D eigenvalue weighted by molar-refractivity contribution is 6.01. The van der Waals surface area contributed by atoms with Crippen LogP contribution < -0.4 is 5.43 Å². The van der Waals surface area contributed by atoms with Crippen LogP contribution in [-0.2, 0) is 0 Å². The Morgan fingerprint density at radius 1 is 1.23 bits per heavy atom. The zero-order chi connectivity index (χ0) is 10.2. The molecule has 0 saturated heterocycles. The summed E-state index contributed by atoms with van der Waals surface area (Å²) < 4.78 is 60.2. The molecule has 7 heteroatoms. The number of alkyl halides is 5. The van der Waals surface area contributed by atoms with Crippen LogP contribution in [0.1, 0.15) is 6.92 Å². The number of hydrogen-bond donors (Lipinski definition) is 0. The standard InChI is InChI=1S/C6H4F5N2/c1-2-3(6(9,10)11)4(5(7)8)13-12-2/h5H,1H3. The van der Waals surface area contributed by atoms with Crippen molar-refractivity contribution in [2.75, 3.05) is 0 Å². The number of allylic oxidation sites excluding steroid dienone is 2. The Bertz CT molecular complexity index is 275. The van der Waals surface area contributed by atoms with E-state index in [4.69, 9.17) is 0 Å². The average Bonchev–Trinajstić information content (AvgIpc) is 2.28. The Kier molecular flexibility index (Phi) is 2.27. The summed E-state index contributed by atoms with van der Waals surface area (Å²) in [5.74, 6) is 0. The molecular formula is C6H4F5N2. The van der Waals surface area contributed by atoms with Gasteiger partial charge in [0.2, 0.25) is 0 Å². The van der Waals surface area contributed by atoms with E-state index < -0.39 is 29.6 Å². The minimum Gasteiger partial charge on any atom is -0.203 e. The first-order valence-corrected chi connectivity index (χ1v) is 3.19. The van der Waals surface area contributed by atoms with Gasteiger partial charge in [0.05, 0.1) is 5.71 Å². The molecule has 0 amide bonds. The van der Waals surface area contributed by atoms with Gasteiger partial charge in [0.25, 0.3) is 6.43 Å². The topological polar surface area (TPSA) is 26.5 Å². The zero-order valence-corrected chi connectivity index (χ0v) is 6.36. The SMILES string of the molecule is CC1=N[N]C(C(F)F)=C1C(F)(F)F. The van der Waals surface area contributed by atoms with Crippen LogP contribution in [0.3, 0.4) is 0 Å². The Hall–Kier alpha value is -1.14. The number of nitrogens with zero attached hydrogens (tertiary/aromatic N) is 2. The highest BCUT2D eigenvalue weighted by Gasteiger charge is 2.43.